The zero-order chi connectivity index (χ0) is 22.3. The van der Waals surface area contributed by atoms with Gasteiger partial charge >= 0.3 is 6.09 Å². The molecule has 1 fully saturated rings. The number of amides is 1. The Hall–Kier alpha value is -1.60. The zero-order valence-electron chi connectivity index (χ0n) is 18.3. The minimum Gasteiger partial charge on any atom is -0.444 e. The van der Waals surface area contributed by atoms with Gasteiger partial charge in [-0.15, -0.1) is 0 Å². The van der Waals surface area contributed by atoms with E-state index in [0.717, 1.165) is 6.42 Å². The average Bonchev–Trinajstić information content (AvgIpc) is 3.10. The van der Waals surface area contributed by atoms with E-state index < -0.39 is 36.7 Å². The molecule has 1 aliphatic heterocycles. The molecule has 0 aromatic heterocycles. The molecule has 2 N–H and O–H groups in total. The van der Waals surface area contributed by atoms with Crippen LogP contribution >= 0.6 is 11.6 Å². The first-order valence-corrected chi connectivity index (χ1v) is 10.9. The lowest BCUT2D eigenvalue weighted by atomic mass is 10.0. The molecule has 0 spiro atoms. The van der Waals surface area contributed by atoms with Gasteiger partial charge in [0.15, 0.2) is 0 Å². The molecule has 1 heterocycles. The van der Waals surface area contributed by atoms with Crippen molar-refractivity contribution in [2.24, 2.45) is 0 Å². The van der Waals surface area contributed by atoms with Gasteiger partial charge < -0.3 is 19.7 Å². The van der Waals surface area contributed by atoms with E-state index in [1.54, 1.807) is 29.2 Å². The predicted molar refractivity (Wildman–Crippen MR) is 117 cm³/mol. The summed E-state index contributed by atoms with van der Waals surface area (Å²) in [6.07, 6.45) is 4.87. The Morgan fingerprint density at radius 3 is 2.60 bits per heavy atom. The quantitative estimate of drug-likeness (QED) is 0.448. The standard InChI is InChI=1S/C23H34ClNO5/c1-5-6-7-11-20(29-15-26)18-12-13-19(25(18)22(28)30-23(2,3)4)21(27)16-9-8-10-17(24)14-16/h6-10,14,18-21,26-27H,5,11-13,15H2,1-4H3/b7-6-/t18-,19?,20?,21+/m0/s1. The van der Waals surface area contributed by atoms with Gasteiger partial charge in [0.05, 0.1) is 24.3 Å². The lowest BCUT2D eigenvalue weighted by Gasteiger charge is -2.37. The summed E-state index contributed by atoms with van der Waals surface area (Å²) in [5, 5.41) is 21.0. The van der Waals surface area contributed by atoms with E-state index in [9.17, 15) is 15.0 Å². The molecule has 4 atom stereocenters. The van der Waals surface area contributed by atoms with Crippen molar-refractivity contribution in [2.45, 2.75) is 83.3 Å². The fraction of sp³-hybridized carbons (Fsp3) is 0.609. The van der Waals surface area contributed by atoms with Gasteiger partial charge in [0.25, 0.3) is 0 Å². The van der Waals surface area contributed by atoms with Crippen LogP contribution in [0.4, 0.5) is 4.79 Å². The smallest absolute Gasteiger partial charge is 0.410 e. The van der Waals surface area contributed by atoms with Gasteiger partial charge in [-0.1, -0.05) is 42.8 Å². The number of hydrogen-bond acceptors (Lipinski definition) is 5. The van der Waals surface area contributed by atoms with Crippen LogP contribution in [0.5, 0.6) is 0 Å². The van der Waals surface area contributed by atoms with E-state index in [2.05, 4.69) is 0 Å². The zero-order valence-corrected chi connectivity index (χ0v) is 19.0. The molecule has 7 heteroatoms. The van der Waals surface area contributed by atoms with Gasteiger partial charge in [-0.2, -0.15) is 0 Å². The fourth-order valence-corrected chi connectivity index (χ4v) is 4.07. The van der Waals surface area contributed by atoms with Crippen LogP contribution < -0.4 is 0 Å². The Labute approximate surface area is 184 Å². The number of halogens is 1. The van der Waals surface area contributed by atoms with E-state index in [0.29, 0.717) is 29.8 Å². The maximum Gasteiger partial charge on any atom is 0.410 e. The molecule has 1 amide bonds. The maximum absolute atomic E-state index is 13.2. The number of benzene rings is 1. The monoisotopic (exact) mass is 439 g/mol. The molecule has 1 aromatic carbocycles. The van der Waals surface area contributed by atoms with Crippen molar-refractivity contribution in [3.8, 4) is 0 Å². The number of nitrogens with zero attached hydrogens (tertiary/aromatic N) is 1. The van der Waals surface area contributed by atoms with E-state index in [1.807, 2.05) is 39.8 Å². The molecule has 0 saturated carbocycles. The number of allylic oxidation sites excluding steroid dienone is 1. The summed E-state index contributed by atoms with van der Waals surface area (Å²) < 4.78 is 11.2. The summed E-state index contributed by atoms with van der Waals surface area (Å²) in [6.45, 7) is 7.03. The third kappa shape index (κ3) is 6.71. The Morgan fingerprint density at radius 2 is 2.00 bits per heavy atom. The maximum atomic E-state index is 13.2. The number of rotatable bonds is 8. The molecule has 30 heavy (non-hydrogen) atoms. The number of hydrogen-bond donors (Lipinski definition) is 2. The highest BCUT2D eigenvalue weighted by Gasteiger charge is 2.46. The number of ether oxygens (including phenoxy) is 2. The third-order valence-corrected chi connectivity index (χ3v) is 5.36. The first-order chi connectivity index (χ1) is 14.2. The number of likely N-dealkylation sites (tertiary alicyclic amines) is 1. The second-order valence-corrected chi connectivity index (χ2v) is 8.99. The van der Waals surface area contributed by atoms with Crippen LogP contribution in [0.1, 0.15) is 65.0 Å². The number of carbonyl (C=O) groups is 1. The molecule has 1 aliphatic rings. The van der Waals surface area contributed by atoms with Crippen LogP contribution in [0.15, 0.2) is 36.4 Å². The fourth-order valence-electron chi connectivity index (χ4n) is 3.87. The Morgan fingerprint density at radius 1 is 1.30 bits per heavy atom. The van der Waals surface area contributed by atoms with Gasteiger partial charge in [-0.25, -0.2) is 4.79 Å². The SMILES string of the molecule is CC/C=C\CC(OCO)[C@@H]1CCC([C@H](O)c2cccc(Cl)c2)N1C(=O)OC(C)(C)C. The molecule has 2 unspecified atom stereocenters. The average molecular weight is 440 g/mol. The first-order valence-electron chi connectivity index (χ1n) is 10.5. The van der Waals surface area contributed by atoms with Crippen LogP contribution in [-0.4, -0.2) is 51.8 Å². The lowest BCUT2D eigenvalue weighted by molar-refractivity contribution is -0.0855. The van der Waals surface area contributed by atoms with E-state index in [4.69, 9.17) is 21.1 Å². The normalized spacial score (nSPS) is 21.8. The van der Waals surface area contributed by atoms with Gasteiger partial charge in [0, 0.05) is 5.02 Å². The van der Waals surface area contributed by atoms with E-state index >= 15 is 0 Å². The van der Waals surface area contributed by atoms with Crippen LogP contribution in [-0.2, 0) is 9.47 Å². The summed E-state index contributed by atoms with van der Waals surface area (Å²) >= 11 is 6.10. The largest absolute Gasteiger partial charge is 0.444 e. The van der Waals surface area contributed by atoms with Crippen LogP contribution in [0.2, 0.25) is 5.02 Å². The van der Waals surface area contributed by atoms with Crippen molar-refractivity contribution in [1.29, 1.82) is 0 Å². The van der Waals surface area contributed by atoms with Crippen LogP contribution in [0.25, 0.3) is 0 Å². The molecule has 6 nitrogen and oxygen atoms in total. The van der Waals surface area contributed by atoms with Crippen molar-refractivity contribution in [3.63, 3.8) is 0 Å². The first kappa shape index (κ1) is 24.7. The Balaban J connectivity index is 2.34. The van der Waals surface area contributed by atoms with Crippen molar-refractivity contribution >= 4 is 17.7 Å². The van der Waals surface area contributed by atoms with Crippen molar-refractivity contribution in [3.05, 3.63) is 47.0 Å². The molecule has 2 rings (SSSR count). The summed E-state index contributed by atoms with van der Waals surface area (Å²) in [7, 11) is 0. The van der Waals surface area contributed by atoms with Crippen LogP contribution in [0, 0.1) is 0 Å². The molecular weight excluding hydrogens is 406 g/mol. The highest BCUT2D eigenvalue weighted by atomic mass is 35.5. The number of aliphatic hydroxyl groups is 2. The molecule has 1 aromatic rings. The van der Waals surface area contributed by atoms with Gasteiger partial charge in [-0.05, 0) is 64.2 Å². The molecule has 0 aliphatic carbocycles. The molecule has 1 saturated heterocycles. The minimum atomic E-state index is -0.915. The van der Waals surface area contributed by atoms with E-state index in [-0.39, 0.29) is 6.04 Å². The Kier molecular flexibility index (Phi) is 9.16. The van der Waals surface area contributed by atoms with Crippen LogP contribution in [0.3, 0.4) is 0 Å². The van der Waals surface area contributed by atoms with Gasteiger partial charge in [0.2, 0.25) is 0 Å². The molecule has 0 bridgehead atoms. The summed E-state index contributed by atoms with van der Waals surface area (Å²) in [5.74, 6) is 0. The predicted octanol–water partition coefficient (Wildman–Crippen LogP) is 4.83. The number of carbonyl (C=O) groups excluding carboxylic acids is 1. The topological polar surface area (TPSA) is 79.2 Å². The summed E-state index contributed by atoms with van der Waals surface area (Å²) in [5.41, 5.74) is -0.0298. The minimum absolute atomic E-state index is 0.327. The number of aliphatic hydroxyl groups excluding tert-OH is 2. The van der Waals surface area contributed by atoms with Crippen molar-refractivity contribution in [1.82, 2.24) is 4.90 Å². The molecule has 168 valence electrons. The van der Waals surface area contributed by atoms with Gasteiger partial charge in [-0.3, -0.25) is 4.90 Å². The highest BCUT2D eigenvalue weighted by molar-refractivity contribution is 6.30. The summed E-state index contributed by atoms with van der Waals surface area (Å²) in [6, 6.07) is 6.21. The molecular formula is C23H34ClNO5. The molecule has 0 radical (unpaired) electrons. The summed E-state index contributed by atoms with van der Waals surface area (Å²) in [4.78, 5) is 14.7. The highest BCUT2D eigenvalue weighted by Crippen LogP contribution is 2.37. The van der Waals surface area contributed by atoms with Gasteiger partial charge in [0.1, 0.15) is 12.4 Å². The lowest BCUT2D eigenvalue weighted by Crippen LogP contribution is -2.50. The van der Waals surface area contributed by atoms with Crippen molar-refractivity contribution < 1.29 is 24.5 Å². The second-order valence-electron chi connectivity index (χ2n) is 8.55. The van der Waals surface area contributed by atoms with E-state index in [1.165, 1.54) is 0 Å². The third-order valence-electron chi connectivity index (χ3n) is 5.12. The second kappa shape index (κ2) is 11.1. The van der Waals surface area contributed by atoms with Crippen molar-refractivity contribution in [2.75, 3.05) is 6.79 Å². The Bertz CT molecular complexity index is 718.